The SMILES string of the molecule is O=C(NCCO)C1CCCN1C(=O)C12CC3OC(=O)C1N(Cc1ccccc1C=CCc1ccccc1O)OC2C1OC2(Cc4ccccc4C2)OC31. The zero-order valence-corrected chi connectivity index (χ0v) is 29.3. The number of benzene rings is 3. The van der Waals surface area contributed by atoms with Gasteiger partial charge in [0.2, 0.25) is 11.8 Å². The lowest BCUT2D eigenvalue weighted by molar-refractivity contribution is -0.218. The molecule has 4 heterocycles. The van der Waals surface area contributed by atoms with E-state index in [1.165, 1.54) is 0 Å². The molecule has 3 N–H and O–H groups in total. The van der Waals surface area contributed by atoms with Gasteiger partial charge in [0.15, 0.2) is 11.8 Å². The fourth-order valence-corrected chi connectivity index (χ4v) is 9.59. The Morgan fingerprint density at radius 1 is 0.943 bits per heavy atom. The van der Waals surface area contributed by atoms with Crippen LogP contribution in [0.1, 0.15) is 47.1 Å². The smallest absolute Gasteiger partial charge is 0.327 e. The van der Waals surface area contributed by atoms with Gasteiger partial charge in [0.05, 0.1) is 13.2 Å². The number of carbonyl (C=O) groups is 3. The molecule has 1 saturated carbocycles. The second-order valence-corrected chi connectivity index (χ2v) is 15.0. The van der Waals surface area contributed by atoms with Gasteiger partial charge < -0.3 is 34.6 Å². The van der Waals surface area contributed by atoms with Crippen LogP contribution in [-0.4, -0.2) is 99.9 Å². The third kappa shape index (κ3) is 5.66. The minimum absolute atomic E-state index is 0.0822. The fourth-order valence-electron chi connectivity index (χ4n) is 9.59. The summed E-state index contributed by atoms with van der Waals surface area (Å²) in [5.41, 5.74) is 3.41. The molecule has 3 aromatic carbocycles. The van der Waals surface area contributed by atoms with Gasteiger partial charge in [-0.25, -0.2) is 0 Å². The quantitative estimate of drug-likeness (QED) is 0.282. The Morgan fingerprint density at radius 3 is 2.43 bits per heavy atom. The topological polar surface area (TPSA) is 147 Å². The predicted octanol–water partition coefficient (Wildman–Crippen LogP) is 2.83. The summed E-state index contributed by atoms with van der Waals surface area (Å²) in [7, 11) is 0. The van der Waals surface area contributed by atoms with Crippen molar-refractivity contribution in [2.24, 2.45) is 5.41 Å². The van der Waals surface area contributed by atoms with E-state index in [0.29, 0.717) is 38.6 Å². The van der Waals surface area contributed by atoms with Crippen molar-refractivity contribution >= 4 is 23.9 Å². The number of aromatic hydroxyl groups is 1. The van der Waals surface area contributed by atoms with Crippen LogP contribution in [0.15, 0.2) is 78.9 Å². The molecule has 0 radical (unpaired) electrons. The minimum atomic E-state index is -1.41. The number of hydrogen-bond acceptors (Lipinski definition) is 10. The van der Waals surface area contributed by atoms with Crippen LogP contribution in [-0.2, 0) is 59.2 Å². The summed E-state index contributed by atoms with van der Waals surface area (Å²) < 4.78 is 19.9. The average Bonchev–Trinajstić information content (AvgIpc) is 3.95. The maximum Gasteiger partial charge on any atom is 0.327 e. The summed E-state index contributed by atoms with van der Waals surface area (Å²) in [4.78, 5) is 51.3. The molecule has 2 amide bonds. The van der Waals surface area contributed by atoms with Gasteiger partial charge in [-0.1, -0.05) is 78.9 Å². The Kier molecular flexibility index (Phi) is 8.62. The largest absolute Gasteiger partial charge is 0.508 e. The van der Waals surface area contributed by atoms with Crippen molar-refractivity contribution in [3.8, 4) is 5.75 Å². The van der Waals surface area contributed by atoms with Crippen LogP contribution < -0.4 is 5.32 Å². The first-order valence-corrected chi connectivity index (χ1v) is 18.6. The Labute approximate surface area is 307 Å². The molecule has 276 valence electrons. The van der Waals surface area contributed by atoms with Crippen molar-refractivity contribution in [1.29, 1.82) is 0 Å². The number of esters is 1. The first kappa shape index (κ1) is 34.2. The molecule has 0 aromatic heterocycles. The predicted molar refractivity (Wildman–Crippen MR) is 190 cm³/mol. The minimum Gasteiger partial charge on any atom is -0.508 e. The van der Waals surface area contributed by atoms with E-state index in [-0.39, 0.29) is 43.7 Å². The van der Waals surface area contributed by atoms with E-state index in [0.717, 1.165) is 27.8 Å². The van der Waals surface area contributed by atoms with Crippen molar-refractivity contribution in [2.45, 2.75) is 87.4 Å². The van der Waals surface area contributed by atoms with Crippen LogP contribution in [0.5, 0.6) is 5.75 Å². The van der Waals surface area contributed by atoms with E-state index in [1.54, 1.807) is 22.1 Å². The molecule has 9 rings (SSSR count). The van der Waals surface area contributed by atoms with Gasteiger partial charge in [-0.3, -0.25) is 19.2 Å². The highest BCUT2D eigenvalue weighted by atomic mass is 16.8. The maximum atomic E-state index is 15.2. The number of phenolic OH excluding ortho intramolecular Hbond substituents is 1. The summed E-state index contributed by atoms with van der Waals surface area (Å²) in [6.45, 7) is 0.390. The molecule has 2 bridgehead atoms. The number of hydroxylamine groups is 2. The lowest BCUT2D eigenvalue weighted by atomic mass is 9.62. The third-order valence-corrected chi connectivity index (χ3v) is 11.9. The summed E-state index contributed by atoms with van der Waals surface area (Å²) in [5.74, 6) is -1.98. The summed E-state index contributed by atoms with van der Waals surface area (Å²) in [6.07, 6.45) is 3.80. The molecule has 7 unspecified atom stereocenters. The van der Waals surface area contributed by atoms with Crippen LogP contribution in [0, 0.1) is 5.41 Å². The van der Waals surface area contributed by atoms with Gasteiger partial charge in [-0.05, 0) is 53.1 Å². The number of nitrogens with zero attached hydrogens (tertiary/aromatic N) is 2. The number of nitrogens with one attached hydrogen (secondary N) is 1. The Hall–Kier alpha value is -4.59. The molecule has 4 saturated heterocycles. The lowest BCUT2D eigenvalue weighted by Crippen LogP contribution is -2.70. The molecule has 1 spiro atoms. The molecule has 6 aliphatic rings. The Bertz CT molecular complexity index is 1940. The third-order valence-electron chi connectivity index (χ3n) is 11.9. The van der Waals surface area contributed by atoms with Crippen LogP contribution in [0.25, 0.3) is 6.08 Å². The van der Waals surface area contributed by atoms with E-state index < -0.39 is 53.7 Å². The number of hydrogen-bond donors (Lipinski definition) is 3. The van der Waals surface area contributed by atoms with E-state index >= 15 is 4.79 Å². The lowest BCUT2D eigenvalue weighted by Gasteiger charge is -2.50. The summed E-state index contributed by atoms with van der Waals surface area (Å²) in [6, 6.07) is 21.3. The number of amides is 2. The Morgan fingerprint density at radius 2 is 1.66 bits per heavy atom. The van der Waals surface area contributed by atoms with Crippen molar-refractivity contribution in [3.05, 3.63) is 107 Å². The highest BCUT2D eigenvalue weighted by molar-refractivity contribution is 5.96. The number of carbonyl (C=O) groups excluding carboxylic acids is 3. The van der Waals surface area contributed by atoms with E-state index in [4.69, 9.17) is 19.0 Å². The highest BCUT2D eigenvalue weighted by Crippen LogP contribution is 2.59. The van der Waals surface area contributed by atoms with Gasteiger partial charge in [0.25, 0.3) is 0 Å². The van der Waals surface area contributed by atoms with Gasteiger partial charge in [-0.2, -0.15) is 5.06 Å². The zero-order chi connectivity index (χ0) is 36.3. The highest BCUT2D eigenvalue weighted by Gasteiger charge is 2.77. The molecule has 4 aliphatic heterocycles. The number of rotatable bonds is 9. The second-order valence-electron chi connectivity index (χ2n) is 15.0. The van der Waals surface area contributed by atoms with E-state index in [9.17, 15) is 19.8 Å². The van der Waals surface area contributed by atoms with E-state index in [2.05, 4.69) is 17.4 Å². The fraction of sp³-hybridized carbons (Fsp3) is 0.439. The number of likely N-dealkylation sites (tertiary alicyclic amines) is 1. The molecule has 12 nitrogen and oxygen atoms in total. The molecule has 53 heavy (non-hydrogen) atoms. The normalized spacial score (nSPS) is 30.8. The molecule has 5 fully saturated rings. The number of allylic oxidation sites excluding steroid dienone is 1. The number of para-hydroxylation sites is 1. The summed E-state index contributed by atoms with van der Waals surface area (Å²) in [5, 5.41) is 24.0. The first-order valence-electron chi connectivity index (χ1n) is 18.6. The number of phenols is 1. The van der Waals surface area contributed by atoms with Crippen molar-refractivity contribution in [2.75, 3.05) is 19.7 Å². The van der Waals surface area contributed by atoms with Crippen LogP contribution in [0.4, 0.5) is 0 Å². The zero-order valence-electron chi connectivity index (χ0n) is 29.3. The van der Waals surface area contributed by atoms with Crippen molar-refractivity contribution in [1.82, 2.24) is 15.3 Å². The van der Waals surface area contributed by atoms with Crippen LogP contribution in [0.3, 0.4) is 0 Å². The standard InChI is InChI=1S/C41H43N3O9/c45-20-18-42-37(47)30-16-8-19-43(30)39(49)41-23-32-33-34(52-40(51-33)21-27-11-2-3-12-28(27)22-40)36(41)53-44(35(41)38(48)50-32)24-29-13-4-1-9-25(29)14-7-15-26-10-5-6-17-31(26)46/h1-7,9-14,17,30,32-36,45-46H,8,15-16,18-24H2,(H,42,47). The van der Waals surface area contributed by atoms with Crippen LogP contribution in [0.2, 0.25) is 0 Å². The first-order chi connectivity index (χ1) is 25.8. The number of aliphatic hydroxyl groups is 1. The van der Waals surface area contributed by atoms with Crippen LogP contribution >= 0.6 is 0 Å². The molecule has 3 aromatic rings. The second kappa shape index (κ2) is 13.4. The van der Waals surface area contributed by atoms with Crippen molar-refractivity contribution in [3.63, 3.8) is 0 Å². The number of aliphatic hydroxyl groups excluding tert-OH is 1. The monoisotopic (exact) mass is 721 g/mol. The molecule has 12 heteroatoms. The van der Waals surface area contributed by atoms with Gasteiger partial charge in [-0.15, -0.1) is 0 Å². The maximum absolute atomic E-state index is 15.2. The molecule has 2 aliphatic carbocycles. The van der Waals surface area contributed by atoms with E-state index in [1.807, 2.05) is 60.7 Å². The average molecular weight is 722 g/mol. The molecular weight excluding hydrogens is 678 g/mol. The van der Waals surface area contributed by atoms with Gasteiger partial charge in [0, 0.05) is 32.4 Å². The Balaban J connectivity index is 1.06. The number of ether oxygens (including phenoxy) is 3. The van der Waals surface area contributed by atoms with Gasteiger partial charge >= 0.3 is 5.97 Å². The number of fused-ring (bicyclic) bond motifs is 5. The van der Waals surface area contributed by atoms with Crippen molar-refractivity contribution < 1.29 is 43.6 Å². The molecular formula is C41H43N3O9. The molecule has 7 atom stereocenters. The summed E-state index contributed by atoms with van der Waals surface area (Å²) >= 11 is 0. The van der Waals surface area contributed by atoms with Gasteiger partial charge in [0.1, 0.15) is 41.6 Å².